The molecule has 14 heavy (non-hydrogen) atoms. The molecule has 2 N–H and O–H groups in total. The van der Waals surface area contributed by atoms with Crippen molar-refractivity contribution in [2.45, 2.75) is 43.8 Å². The number of nitrogens with one attached hydrogen (secondary N) is 1. The third kappa shape index (κ3) is 1.64. The lowest BCUT2D eigenvalue weighted by molar-refractivity contribution is -0.144. The van der Waals surface area contributed by atoms with Crippen molar-refractivity contribution >= 4 is 5.97 Å². The topological polar surface area (TPSA) is 52.6 Å². The SMILES string of the molecule is CC1CC(NC2CC2)(C(=O)O)CN1C. The Morgan fingerprint density at radius 1 is 1.57 bits per heavy atom. The molecule has 2 atom stereocenters. The van der Waals surface area contributed by atoms with E-state index in [9.17, 15) is 9.90 Å². The molecule has 2 rings (SSSR count). The summed E-state index contributed by atoms with van der Waals surface area (Å²) >= 11 is 0. The molecule has 0 aromatic heterocycles. The van der Waals surface area contributed by atoms with Crippen molar-refractivity contribution in [1.29, 1.82) is 0 Å². The highest BCUT2D eigenvalue weighted by Gasteiger charge is 2.49. The van der Waals surface area contributed by atoms with Gasteiger partial charge in [0.25, 0.3) is 0 Å². The van der Waals surface area contributed by atoms with Crippen molar-refractivity contribution < 1.29 is 9.90 Å². The summed E-state index contributed by atoms with van der Waals surface area (Å²) in [6, 6.07) is 0.808. The summed E-state index contributed by atoms with van der Waals surface area (Å²) in [5.41, 5.74) is -0.685. The normalized spacial score (nSPS) is 38.9. The monoisotopic (exact) mass is 198 g/mol. The Balaban J connectivity index is 2.10. The number of carboxylic acid groups (broad SMARTS) is 1. The molecule has 0 spiro atoms. The maximum Gasteiger partial charge on any atom is 0.325 e. The van der Waals surface area contributed by atoms with Gasteiger partial charge in [-0.15, -0.1) is 0 Å². The van der Waals surface area contributed by atoms with Crippen molar-refractivity contribution in [2.24, 2.45) is 0 Å². The lowest BCUT2D eigenvalue weighted by atomic mass is 9.96. The Bertz CT molecular complexity index is 235. The van der Waals surface area contributed by atoms with Gasteiger partial charge in [0.15, 0.2) is 0 Å². The number of nitrogens with zero attached hydrogens (tertiary/aromatic N) is 1. The van der Waals surface area contributed by atoms with Gasteiger partial charge in [-0.25, -0.2) is 0 Å². The minimum absolute atomic E-state index is 0.359. The zero-order valence-corrected chi connectivity index (χ0v) is 8.79. The van der Waals surface area contributed by atoms with Crippen LogP contribution in [0.4, 0.5) is 0 Å². The van der Waals surface area contributed by atoms with Crippen molar-refractivity contribution in [2.75, 3.05) is 13.6 Å². The number of likely N-dealkylation sites (tertiary alicyclic amines) is 1. The number of carbonyl (C=O) groups is 1. The summed E-state index contributed by atoms with van der Waals surface area (Å²) in [7, 11) is 1.99. The van der Waals surface area contributed by atoms with Gasteiger partial charge in [-0.1, -0.05) is 0 Å². The fraction of sp³-hybridized carbons (Fsp3) is 0.900. The predicted molar refractivity (Wildman–Crippen MR) is 53.2 cm³/mol. The van der Waals surface area contributed by atoms with Crippen molar-refractivity contribution in [3.05, 3.63) is 0 Å². The van der Waals surface area contributed by atoms with Crippen LogP contribution in [0.15, 0.2) is 0 Å². The van der Waals surface area contributed by atoms with Crippen LogP contribution in [0.1, 0.15) is 26.2 Å². The first-order chi connectivity index (χ1) is 6.53. The van der Waals surface area contributed by atoms with Crippen LogP contribution in [0.25, 0.3) is 0 Å². The number of rotatable bonds is 3. The number of aliphatic carboxylic acids is 1. The lowest BCUT2D eigenvalue weighted by Crippen LogP contribution is -2.54. The third-order valence-electron chi connectivity index (χ3n) is 3.38. The number of carboxylic acids is 1. The van der Waals surface area contributed by atoms with Gasteiger partial charge in [-0.05, 0) is 33.2 Å². The van der Waals surface area contributed by atoms with Crippen LogP contribution in [0.5, 0.6) is 0 Å². The molecule has 1 heterocycles. The minimum atomic E-state index is -0.694. The van der Waals surface area contributed by atoms with E-state index >= 15 is 0 Å². The summed E-state index contributed by atoms with van der Waals surface area (Å²) in [6.07, 6.45) is 2.98. The van der Waals surface area contributed by atoms with Crippen LogP contribution in [0, 0.1) is 0 Å². The summed E-state index contributed by atoms with van der Waals surface area (Å²) in [6.45, 7) is 2.71. The van der Waals surface area contributed by atoms with Gasteiger partial charge < -0.3 is 10.0 Å². The first-order valence-corrected chi connectivity index (χ1v) is 5.25. The van der Waals surface area contributed by atoms with Crippen LogP contribution in [0.3, 0.4) is 0 Å². The van der Waals surface area contributed by atoms with Gasteiger partial charge in [0.2, 0.25) is 0 Å². The standard InChI is InChI=1S/C10H18N2O2/c1-7-5-10(9(13)14,6-12(7)2)11-8-3-4-8/h7-8,11H,3-6H2,1-2H3,(H,13,14). The molecule has 1 aliphatic carbocycles. The first-order valence-electron chi connectivity index (χ1n) is 5.25. The Hall–Kier alpha value is -0.610. The van der Waals surface area contributed by atoms with E-state index in [1.165, 1.54) is 0 Å². The van der Waals surface area contributed by atoms with Crippen LogP contribution in [-0.4, -0.2) is 47.2 Å². The summed E-state index contributed by atoms with van der Waals surface area (Å²) in [5.74, 6) is -0.694. The molecule has 4 nitrogen and oxygen atoms in total. The Labute approximate surface area is 84.3 Å². The van der Waals surface area contributed by atoms with E-state index in [4.69, 9.17) is 0 Å². The average molecular weight is 198 g/mol. The van der Waals surface area contributed by atoms with E-state index in [0.29, 0.717) is 18.6 Å². The zero-order valence-electron chi connectivity index (χ0n) is 8.79. The molecule has 0 radical (unpaired) electrons. The number of hydrogen-bond acceptors (Lipinski definition) is 3. The second-order valence-corrected chi connectivity index (χ2v) is 4.77. The number of hydrogen-bond donors (Lipinski definition) is 2. The fourth-order valence-corrected chi connectivity index (χ4v) is 2.25. The highest BCUT2D eigenvalue weighted by molar-refractivity contribution is 5.80. The minimum Gasteiger partial charge on any atom is -0.480 e. The molecule has 80 valence electrons. The van der Waals surface area contributed by atoms with Crippen LogP contribution < -0.4 is 5.32 Å². The quantitative estimate of drug-likeness (QED) is 0.684. The van der Waals surface area contributed by atoms with Crippen molar-refractivity contribution in [3.63, 3.8) is 0 Å². The molecule has 1 saturated carbocycles. The Morgan fingerprint density at radius 2 is 2.21 bits per heavy atom. The molecule has 0 amide bonds. The molecule has 2 unspecified atom stereocenters. The van der Waals surface area contributed by atoms with E-state index < -0.39 is 11.5 Å². The van der Waals surface area contributed by atoms with E-state index in [-0.39, 0.29) is 0 Å². The molecule has 0 aromatic carbocycles. The molecule has 1 aliphatic heterocycles. The van der Waals surface area contributed by atoms with Crippen molar-refractivity contribution in [1.82, 2.24) is 10.2 Å². The molecular formula is C10H18N2O2. The molecular weight excluding hydrogens is 180 g/mol. The molecule has 0 aromatic rings. The highest BCUT2D eigenvalue weighted by Crippen LogP contribution is 2.31. The second-order valence-electron chi connectivity index (χ2n) is 4.77. The molecule has 4 heteroatoms. The van der Waals surface area contributed by atoms with Crippen LogP contribution in [-0.2, 0) is 4.79 Å². The molecule has 1 saturated heterocycles. The largest absolute Gasteiger partial charge is 0.480 e. The van der Waals surface area contributed by atoms with Gasteiger partial charge in [0.1, 0.15) is 5.54 Å². The maximum atomic E-state index is 11.3. The van der Waals surface area contributed by atoms with E-state index in [1.54, 1.807) is 0 Å². The summed E-state index contributed by atoms with van der Waals surface area (Å²) < 4.78 is 0. The van der Waals surface area contributed by atoms with Crippen LogP contribution in [0.2, 0.25) is 0 Å². The molecule has 2 fully saturated rings. The average Bonchev–Trinajstić information content (AvgIpc) is 2.82. The lowest BCUT2D eigenvalue weighted by Gasteiger charge is -2.25. The van der Waals surface area contributed by atoms with Gasteiger partial charge in [0, 0.05) is 18.6 Å². The van der Waals surface area contributed by atoms with Gasteiger partial charge in [-0.3, -0.25) is 10.1 Å². The summed E-state index contributed by atoms with van der Waals surface area (Å²) in [4.78, 5) is 13.4. The Morgan fingerprint density at radius 3 is 2.57 bits per heavy atom. The molecule has 0 bridgehead atoms. The van der Waals surface area contributed by atoms with Gasteiger partial charge in [0.05, 0.1) is 0 Å². The van der Waals surface area contributed by atoms with Gasteiger partial charge >= 0.3 is 5.97 Å². The molecule has 2 aliphatic rings. The fourth-order valence-electron chi connectivity index (χ4n) is 2.25. The first kappa shape index (κ1) is 9.93. The van der Waals surface area contributed by atoms with Crippen LogP contribution >= 0.6 is 0 Å². The number of likely N-dealkylation sites (N-methyl/N-ethyl adjacent to an activating group) is 1. The van der Waals surface area contributed by atoms with Crippen molar-refractivity contribution in [3.8, 4) is 0 Å². The summed E-state index contributed by atoms with van der Waals surface area (Å²) in [5, 5.41) is 12.6. The third-order valence-corrected chi connectivity index (χ3v) is 3.38. The van der Waals surface area contributed by atoms with Gasteiger partial charge in [-0.2, -0.15) is 0 Å². The predicted octanol–water partition coefficient (Wildman–Crippen LogP) is 0.286. The van der Waals surface area contributed by atoms with E-state index in [0.717, 1.165) is 19.3 Å². The van der Waals surface area contributed by atoms with E-state index in [1.807, 2.05) is 7.05 Å². The zero-order chi connectivity index (χ0) is 10.3. The smallest absolute Gasteiger partial charge is 0.325 e. The maximum absolute atomic E-state index is 11.3. The van der Waals surface area contributed by atoms with E-state index in [2.05, 4.69) is 17.1 Å². The second kappa shape index (κ2) is 3.21. The Kier molecular flexibility index (Phi) is 2.27. The highest BCUT2D eigenvalue weighted by atomic mass is 16.4.